The third-order valence-electron chi connectivity index (χ3n) is 3.45. The van der Waals surface area contributed by atoms with Crippen molar-refractivity contribution in [1.82, 2.24) is 15.2 Å². The van der Waals surface area contributed by atoms with Crippen molar-refractivity contribution in [3.05, 3.63) is 35.0 Å². The molecule has 2 N–H and O–H groups in total. The number of aromatic carboxylic acids is 1. The standard InChI is InChI=1S/C14H11N3O2S/c18-14(19)10-6-9(16-17-10)8-2-1-3-11-12(8)15-13(20-11)7-4-5-7/h1-3,6-7H,4-5H2,(H,16,17)(H,18,19). The predicted octanol–water partition coefficient (Wildman–Crippen LogP) is 3.26. The van der Waals surface area contributed by atoms with Crippen LogP contribution in [-0.2, 0) is 0 Å². The molecule has 0 unspecified atom stereocenters. The Morgan fingerprint density at radius 2 is 2.25 bits per heavy atom. The first-order chi connectivity index (χ1) is 9.72. The topological polar surface area (TPSA) is 78.9 Å². The monoisotopic (exact) mass is 285 g/mol. The van der Waals surface area contributed by atoms with E-state index in [2.05, 4.69) is 10.2 Å². The Bertz CT molecular complexity index is 817. The molecule has 0 aliphatic heterocycles. The van der Waals surface area contributed by atoms with Gasteiger partial charge in [-0.3, -0.25) is 5.10 Å². The zero-order chi connectivity index (χ0) is 13.7. The highest BCUT2D eigenvalue weighted by molar-refractivity contribution is 7.18. The van der Waals surface area contributed by atoms with Gasteiger partial charge in [-0.25, -0.2) is 9.78 Å². The number of carbonyl (C=O) groups is 1. The van der Waals surface area contributed by atoms with Crippen LogP contribution in [0.15, 0.2) is 24.3 Å². The van der Waals surface area contributed by atoms with Crippen LogP contribution in [0.5, 0.6) is 0 Å². The van der Waals surface area contributed by atoms with E-state index in [9.17, 15) is 4.79 Å². The number of carboxylic acids is 1. The minimum absolute atomic E-state index is 0.0923. The van der Waals surface area contributed by atoms with Crippen LogP contribution in [0.4, 0.5) is 0 Å². The number of carboxylic acid groups (broad SMARTS) is 1. The van der Waals surface area contributed by atoms with Gasteiger partial charge in [0, 0.05) is 11.5 Å². The Hall–Kier alpha value is -2.21. The molecular weight excluding hydrogens is 274 g/mol. The molecule has 0 saturated heterocycles. The summed E-state index contributed by atoms with van der Waals surface area (Å²) in [5.41, 5.74) is 2.52. The zero-order valence-electron chi connectivity index (χ0n) is 10.5. The minimum Gasteiger partial charge on any atom is -0.477 e. The summed E-state index contributed by atoms with van der Waals surface area (Å²) in [7, 11) is 0. The average molecular weight is 285 g/mol. The largest absolute Gasteiger partial charge is 0.477 e. The summed E-state index contributed by atoms with van der Waals surface area (Å²) in [5.74, 6) is -0.387. The summed E-state index contributed by atoms with van der Waals surface area (Å²) in [6, 6.07) is 7.49. The van der Waals surface area contributed by atoms with Crippen molar-refractivity contribution in [2.45, 2.75) is 18.8 Å². The Kier molecular flexibility index (Phi) is 2.40. The van der Waals surface area contributed by atoms with Gasteiger partial charge in [-0.1, -0.05) is 12.1 Å². The Morgan fingerprint density at radius 3 is 2.95 bits per heavy atom. The van der Waals surface area contributed by atoms with Gasteiger partial charge in [-0.15, -0.1) is 11.3 Å². The number of rotatable bonds is 3. The molecule has 20 heavy (non-hydrogen) atoms. The highest BCUT2D eigenvalue weighted by Gasteiger charge is 2.27. The van der Waals surface area contributed by atoms with E-state index in [0.29, 0.717) is 11.6 Å². The van der Waals surface area contributed by atoms with Crippen molar-refractivity contribution in [3.8, 4) is 11.3 Å². The van der Waals surface area contributed by atoms with Gasteiger partial charge in [0.1, 0.15) is 5.69 Å². The summed E-state index contributed by atoms with van der Waals surface area (Å²) in [4.78, 5) is 15.6. The van der Waals surface area contributed by atoms with E-state index in [1.165, 1.54) is 17.8 Å². The fraction of sp³-hybridized carbons (Fsp3) is 0.214. The van der Waals surface area contributed by atoms with E-state index in [1.807, 2.05) is 18.2 Å². The molecule has 0 amide bonds. The SMILES string of the molecule is O=C(O)c1cc(-c2cccc3sc(C4CC4)nc23)n[nH]1. The number of thiazole rings is 1. The van der Waals surface area contributed by atoms with Crippen LogP contribution < -0.4 is 0 Å². The third kappa shape index (κ3) is 1.80. The van der Waals surface area contributed by atoms with Crippen LogP contribution in [0.25, 0.3) is 21.5 Å². The van der Waals surface area contributed by atoms with Crippen LogP contribution in [0.3, 0.4) is 0 Å². The fourth-order valence-electron chi connectivity index (χ4n) is 2.25. The molecule has 1 aliphatic carbocycles. The molecule has 2 heterocycles. The summed E-state index contributed by atoms with van der Waals surface area (Å²) < 4.78 is 1.13. The molecule has 1 aliphatic rings. The highest BCUT2D eigenvalue weighted by atomic mass is 32.1. The second-order valence-electron chi connectivity index (χ2n) is 4.95. The van der Waals surface area contributed by atoms with Gasteiger partial charge in [0.15, 0.2) is 0 Å². The Morgan fingerprint density at radius 1 is 1.40 bits per heavy atom. The molecule has 6 heteroatoms. The molecule has 0 radical (unpaired) electrons. The second-order valence-corrected chi connectivity index (χ2v) is 6.01. The molecular formula is C14H11N3O2S. The number of aromatic nitrogens is 3. The van der Waals surface area contributed by atoms with E-state index < -0.39 is 5.97 Å². The number of nitrogens with one attached hydrogen (secondary N) is 1. The maximum Gasteiger partial charge on any atom is 0.353 e. The molecule has 0 spiro atoms. The second kappa shape index (κ2) is 4.14. The van der Waals surface area contributed by atoms with Crippen LogP contribution in [0.1, 0.15) is 34.3 Å². The minimum atomic E-state index is -1.01. The van der Waals surface area contributed by atoms with Crippen molar-refractivity contribution in [1.29, 1.82) is 0 Å². The van der Waals surface area contributed by atoms with E-state index in [0.717, 1.165) is 15.8 Å². The number of para-hydroxylation sites is 1. The predicted molar refractivity (Wildman–Crippen MR) is 76.1 cm³/mol. The number of hydrogen-bond donors (Lipinski definition) is 2. The van der Waals surface area contributed by atoms with Gasteiger partial charge >= 0.3 is 5.97 Å². The molecule has 4 rings (SSSR count). The number of aromatic amines is 1. The highest BCUT2D eigenvalue weighted by Crippen LogP contribution is 2.44. The lowest BCUT2D eigenvalue weighted by atomic mass is 10.1. The molecule has 1 saturated carbocycles. The van der Waals surface area contributed by atoms with E-state index in [-0.39, 0.29) is 5.69 Å². The normalized spacial score (nSPS) is 14.8. The van der Waals surface area contributed by atoms with Crippen molar-refractivity contribution in [2.24, 2.45) is 0 Å². The van der Waals surface area contributed by atoms with Crippen LogP contribution >= 0.6 is 11.3 Å². The third-order valence-corrected chi connectivity index (χ3v) is 4.63. The van der Waals surface area contributed by atoms with Gasteiger partial charge in [0.2, 0.25) is 0 Å². The molecule has 5 nitrogen and oxygen atoms in total. The molecule has 0 atom stereocenters. The number of benzene rings is 1. The number of hydrogen-bond acceptors (Lipinski definition) is 4. The lowest BCUT2D eigenvalue weighted by Crippen LogP contribution is -1.95. The van der Waals surface area contributed by atoms with Gasteiger partial charge in [-0.05, 0) is 25.0 Å². The molecule has 2 aromatic heterocycles. The van der Waals surface area contributed by atoms with E-state index >= 15 is 0 Å². The Balaban J connectivity index is 1.87. The van der Waals surface area contributed by atoms with Crippen molar-refractivity contribution in [2.75, 3.05) is 0 Å². The van der Waals surface area contributed by atoms with Crippen LogP contribution in [0, 0.1) is 0 Å². The smallest absolute Gasteiger partial charge is 0.353 e. The molecule has 1 aromatic carbocycles. The molecule has 3 aromatic rings. The number of H-pyrrole nitrogens is 1. The van der Waals surface area contributed by atoms with Crippen LogP contribution in [-0.4, -0.2) is 26.3 Å². The lowest BCUT2D eigenvalue weighted by Gasteiger charge is -1.96. The van der Waals surface area contributed by atoms with Gasteiger partial charge in [0.25, 0.3) is 0 Å². The maximum absolute atomic E-state index is 10.9. The first kappa shape index (κ1) is 11.6. The van der Waals surface area contributed by atoms with Crippen LogP contribution in [0.2, 0.25) is 0 Å². The fourth-order valence-corrected chi connectivity index (χ4v) is 3.41. The quantitative estimate of drug-likeness (QED) is 0.774. The summed E-state index contributed by atoms with van der Waals surface area (Å²) in [6.45, 7) is 0. The van der Waals surface area contributed by atoms with Gasteiger partial charge < -0.3 is 5.11 Å². The average Bonchev–Trinajstić information content (AvgIpc) is 3.02. The van der Waals surface area contributed by atoms with E-state index in [4.69, 9.17) is 10.1 Å². The molecule has 1 fully saturated rings. The van der Waals surface area contributed by atoms with Crippen molar-refractivity contribution in [3.63, 3.8) is 0 Å². The van der Waals surface area contributed by atoms with Crippen molar-refractivity contribution < 1.29 is 9.90 Å². The zero-order valence-corrected chi connectivity index (χ0v) is 11.3. The summed E-state index contributed by atoms with van der Waals surface area (Å²) >= 11 is 1.72. The lowest BCUT2D eigenvalue weighted by molar-refractivity contribution is 0.0690. The number of fused-ring (bicyclic) bond motifs is 1. The van der Waals surface area contributed by atoms with Gasteiger partial charge in [0.05, 0.1) is 20.9 Å². The first-order valence-electron chi connectivity index (χ1n) is 6.41. The Labute approximate surface area is 118 Å². The molecule has 100 valence electrons. The maximum atomic E-state index is 10.9. The van der Waals surface area contributed by atoms with E-state index in [1.54, 1.807) is 17.4 Å². The van der Waals surface area contributed by atoms with Gasteiger partial charge in [-0.2, -0.15) is 5.10 Å². The number of nitrogens with zero attached hydrogens (tertiary/aromatic N) is 2. The summed E-state index contributed by atoms with van der Waals surface area (Å²) in [5, 5.41) is 16.8. The van der Waals surface area contributed by atoms with Crippen molar-refractivity contribution >= 4 is 27.5 Å². The first-order valence-corrected chi connectivity index (χ1v) is 7.22. The molecule has 0 bridgehead atoms. The summed E-state index contributed by atoms with van der Waals surface area (Å²) in [6.07, 6.45) is 2.45.